The van der Waals surface area contributed by atoms with Crippen LogP contribution in [0.25, 0.3) is 0 Å². The third-order valence-corrected chi connectivity index (χ3v) is 3.74. The first-order valence-corrected chi connectivity index (χ1v) is 6.71. The van der Waals surface area contributed by atoms with Gasteiger partial charge in [-0.25, -0.2) is 9.18 Å². The smallest absolute Gasteiger partial charge is 0.335 e. The number of rotatable bonds is 4. The molecule has 0 saturated carbocycles. The van der Waals surface area contributed by atoms with E-state index in [1.54, 1.807) is 30.3 Å². The molecule has 0 aromatic heterocycles. The molecule has 2 aromatic rings. The molecule has 0 radical (unpaired) electrons. The number of halogens is 1. The molecule has 2 aromatic carbocycles. The Morgan fingerprint density at radius 2 is 1.79 bits per heavy atom. The highest BCUT2D eigenvalue weighted by Gasteiger charge is 2.05. The molecule has 0 aliphatic carbocycles. The SMILES string of the molecule is CCc1ccc(Sc2ccc(C(=O)O)cc2)cc1F. The molecule has 0 unspecified atom stereocenters. The van der Waals surface area contributed by atoms with E-state index < -0.39 is 5.97 Å². The Morgan fingerprint density at radius 3 is 2.32 bits per heavy atom. The molecule has 0 aliphatic heterocycles. The minimum atomic E-state index is -0.949. The van der Waals surface area contributed by atoms with Gasteiger partial charge in [0.05, 0.1) is 5.56 Å². The molecule has 1 N–H and O–H groups in total. The van der Waals surface area contributed by atoms with Crippen molar-refractivity contribution in [3.63, 3.8) is 0 Å². The summed E-state index contributed by atoms with van der Waals surface area (Å²) in [4.78, 5) is 12.4. The lowest BCUT2D eigenvalue weighted by Crippen LogP contribution is -1.94. The molecule has 0 fully saturated rings. The average Bonchev–Trinajstić information content (AvgIpc) is 2.39. The molecular weight excluding hydrogens is 263 g/mol. The van der Waals surface area contributed by atoms with Gasteiger partial charge in [0.2, 0.25) is 0 Å². The first-order chi connectivity index (χ1) is 9.10. The van der Waals surface area contributed by atoms with Crippen LogP contribution in [0.3, 0.4) is 0 Å². The van der Waals surface area contributed by atoms with E-state index in [1.165, 1.54) is 17.8 Å². The first kappa shape index (κ1) is 13.6. The maximum atomic E-state index is 13.6. The fourth-order valence-electron chi connectivity index (χ4n) is 1.68. The second-order valence-corrected chi connectivity index (χ2v) is 5.19. The van der Waals surface area contributed by atoms with Crippen molar-refractivity contribution in [2.75, 3.05) is 0 Å². The van der Waals surface area contributed by atoms with E-state index in [9.17, 15) is 9.18 Å². The largest absolute Gasteiger partial charge is 0.478 e. The van der Waals surface area contributed by atoms with Crippen molar-refractivity contribution in [1.29, 1.82) is 0 Å². The van der Waals surface area contributed by atoms with Gasteiger partial charge >= 0.3 is 5.97 Å². The van der Waals surface area contributed by atoms with E-state index in [0.29, 0.717) is 12.0 Å². The molecule has 0 amide bonds. The van der Waals surface area contributed by atoms with E-state index in [0.717, 1.165) is 9.79 Å². The number of carboxylic acids is 1. The van der Waals surface area contributed by atoms with Crippen LogP contribution in [0.5, 0.6) is 0 Å². The van der Waals surface area contributed by atoms with Crippen LogP contribution in [-0.4, -0.2) is 11.1 Å². The van der Waals surface area contributed by atoms with Crippen molar-refractivity contribution in [3.05, 3.63) is 59.4 Å². The molecular formula is C15H13FO2S. The maximum absolute atomic E-state index is 13.6. The normalized spacial score (nSPS) is 10.4. The molecule has 0 atom stereocenters. The van der Waals surface area contributed by atoms with Gasteiger partial charge < -0.3 is 5.11 Å². The summed E-state index contributed by atoms with van der Waals surface area (Å²) in [6.07, 6.45) is 0.671. The molecule has 0 saturated heterocycles. The van der Waals surface area contributed by atoms with E-state index in [2.05, 4.69) is 0 Å². The van der Waals surface area contributed by atoms with Crippen molar-refractivity contribution in [2.24, 2.45) is 0 Å². The Bertz CT molecular complexity index is 594. The lowest BCUT2D eigenvalue weighted by molar-refractivity contribution is 0.0697. The maximum Gasteiger partial charge on any atom is 0.335 e. The number of carboxylic acid groups (broad SMARTS) is 1. The van der Waals surface area contributed by atoms with E-state index >= 15 is 0 Å². The average molecular weight is 276 g/mol. The second-order valence-electron chi connectivity index (χ2n) is 4.04. The highest BCUT2D eigenvalue weighted by Crippen LogP contribution is 2.29. The summed E-state index contributed by atoms with van der Waals surface area (Å²) in [7, 11) is 0. The van der Waals surface area contributed by atoms with Gasteiger partial charge in [-0.2, -0.15) is 0 Å². The monoisotopic (exact) mass is 276 g/mol. The van der Waals surface area contributed by atoms with Gasteiger partial charge in [-0.3, -0.25) is 0 Å². The van der Waals surface area contributed by atoms with Gasteiger partial charge in [0.1, 0.15) is 5.82 Å². The summed E-state index contributed by atoms with van der Waals surface area (Å²) in [6, 6.07) is 11.7. The van der Waals surface area contributed by atoms with Crippen molar-refractivity contribution >= 4 is 17.7 Å². The van der Waals surface area contributed by atoms with Crippen LogP contribution in [0.1, 0.15) is 22.8 Å². The number of aromatic carboxylic acids is 1. The van der Waals surface area contributed by atoms with Crippen molar-refractivity contribution in [3.8, 4) is 0 Å². The molecule has 2 nitrogen and oxygen atoms in total. The van der Waals surface area contributed by atoms with Crippen LogP contribution < -0.4 is 0 Å². The number of benzene rings is 2. The Hall–Kier alpha value is -1.81. The molecule has 0 bridgehead atoms. The van der Waals surface area contributed by atoms with Crippen molar-refractivity contribution < 1.29 is 14.3 Å². The van der Waals surface area contributed by atoms with Gasteiger partial charge in [-0.05, 0) is 48.4 Å². The van der Waals surface area contributed by atoms with E-state index in [4.69, 9.17) is 5.11 Å². The Labute approximate surface area is 115 Å². The standard InChI is InChI=1S/C15H13FO2S/c1-2-10-3-8-13(9-14(10)16)19-12-6-4-11(5-7-12)15(17)18/h3-9H,2H2,1H3,(H,17,18). The number of hydrogen-bond donors (Lipinski definition) is 1. The van der Waals surface area contributed by atoms with Crippen molar-refractivity contribution in [1.82, 2.24) is 0 Å². The van der Waals surface area contributed by atoms with Crippen LogP contribution >= 0.6 is 11.8 Å². The highest BCUT2D eigenvalue weighted by atomic mass is 32.2. The van der Waals surface area contributed by atoms with Gasteiger partial charge in [-0.1, -0.05) is 24.8 Å². The molecule has 0 spiro atoms. The zero-order valence-corrected chi connectivity index (χ0v) is 11.2. The quantitative estimate of drug-likeness (QED) is 0.907. The second kappa shape index (κ2) is 5.89. The fraction of sp³-hybridized carbons (Fsp3) is 0.133. The topological polar surface area (TPSA) is 37.3 Å². The van der Waals surface area contributed by atoms with E-state index in [1.807, 2.05) is 13.0 Å². The summed E-state index contributed by atoms with van der Waals surface area (Å²) in [5, 5.41) is 8.80. The molecule has 4 heteroatoms. The van der Waals surface area contributed by atoms with Crippen LogP contribution in [0, 0.1) is 5.82 Å². The van der Waals surface area contributed by atoms with Gasteiger partial charge in [0, 0.05) is 9.79 Å². The Morgan fingerprint density at radius 1 is 1.16 bits per heavy atom. The minimum absolute atomic E-state index is 0.199. The number of carbonyl (C=O) groups is 1. The first-order valence-electron chi connectivity index (χ1n) is 5.90. The Kier molecular flexibility index (Phi) is 4.22. The minimum Gasteiger partial charge on any atom is -0.478 e. The van der Waals surface area contributed by atoms with Crippen LogP contribution in [0.15, 0.2) is 52.3 Å². The fourth-order valence-corrected chi connectivity index (χ4v) is 2.52. The van der Waals surface area contributed by atoms with Gasteiger partial charge in [0.25, 0.3) is 0 Å². The predicted molar refractivity (Wildman–Crippen MR) is 73.3 cm³/mol. The van der Waals surface area contributed by atoms with Crippen molar-refractivity contribution in [2.45, 2.75) is 23.1 Å². The highest BCUT2D eigenvalue weighted by molar-refractivity contribution is 7.99. The zero-order chi connectivity index (χ0) is 13.8. The number of aryl methyl sites for hydroxylation is 1. The van der Waals surface area contributed by atoms with Gasteiger partial charge in [0.15, 0.2) is 0 Å². The molecule has 19 heavy (non-hydrogen) atoms. The molecule has 0 heterocycles. The lowest BCUT2D eigenvalue weighted by atomic mass is 10.2. The summed E-state index contributed by atoms with van der Waals surface area (Å²) in [5.41, 5.74) is 0.947. The molecule has 98 valence electrons. The summed E-state index contributed by atoms with van der Waals surface area (Å²) in [6.45, 7) is 1.91. The summed E-state index contributed by atoms with van der Waals surface area (Å²) >= 11 is 1.41. The Balaban J connectivity index is 2.16. The third kappa shape index (κ3) is 3.35. The summed E-state index contributed by atoms with van der Waals surface area (Å²) in [5.74, 6) is -1.15. The molecule has 2 rings (SSSR count). The third-order valence-electron chi connectivity index (χ3n) is 2.74. The number of hydrogen-bond acceptors (Lipinski definition) is 2. The van der Waals surface area contributed by atoms with Gasteiger partial charge in [-0.15, -0.1) is 0 Å². The van der Waals surface area contributed by atoms with Crippen LogP contribution in [-0.2, 0) is 6.42 Å². The lowest BCUT2D eigenvalue weighted by Gasteiger charge is -2.05. The zero-order valence-electron chi connectivity index (χ0n) is 10.4. The van der Waals surface area contributed by atoms with E-state index in [-0.39, 0.29) is 11.4 Å². The summed E-state index contributed by atoms with van der Waals surface area (Å²) < 4.78 is 13.6. The predicted octanol–water partition coefficient (Wildman–Crippen LogP) is 4.24. The van der Waals surface area contributed by atoms with Crippen LogP contribution in [0.4, 0.5) is 4.39 Å². The van der Waals surface area contributed by atoms with Crippen LogP contribution in [0.2, 0.25) is 0 Å². The molecule has 0 aliphatic rings.